The van der Waals surface area contributed by atoms with Crippen LogP contribution in [-0.2, 0) is 0 Å². The number of rotatable bonds is 7. The predicted octanol–water partition coefficient (Wildman–Crippen LogP) is 4.20. The molecule has 0 saturated heterocycles. The molecule has 2 aromatic heterocycles. The van der Waals surface area contributed by atoms with Crippen molar-refractivity contribution in [1.29, 1.82) is 0 Å². The quantitative estimate of drug-likeness (QED) is 0.832. The number of halogens is 1. The molecular formula is C16H21ClN2O2. The first-order chi connectivity index (χ1) is 10.1. The van der Waals surface area contributed by atoms with Crippen molar-refractivity contribution in [3.05, 3.63) is 47.1 Å². The van der Waals surface area contributed by atoms with Crippen molar-refractivity contribution in [3.63, 3.8) is 0 Å². The van der Waals surface area contributed by atoms with E-state index in [9.17, 15) is 0 Å². The Bertz CT molecular complexity index is 569. The number of pyridine rings is 1. The van der Waals surface area contributed by atoms with Crippen LogP contribution < -0.4 is 10.1 Å². The molecule has 0 aromatic carbocycles. The first kappa shape index (κ1) is 15.9. The lowest BCUT2D eigenvalue weighted by atomic mass is 10.0. The number of nitrogens with one attached hydrogen (secondary N) is 1. The van der Waals surface area contributed by atoms with Crippen LogP contribution in [0.25, 0.3) is 0 Å². The largest absolute Gasteiger partial charge is 0.489 e. The fraction of sp³-hybridized carbons (Fsp3) is 0.438. The van der Waals surface area contributed by atoms with Crippen LogP contribution in [-0.4, -0.2) is 17.6 Å². The van der Waals surface area contributed by atoms with Gasteiger partial charge >= 0.3 is 0 Å². The van der Waals surface area contributed by atoms with Gasteiger partial charge in [-0.3, -0.25) is 4.98 Å². The van der Waals surface area contributed by atoms with Crippen molar-refractivity contribution >= 4 is 11.6 Å². The molecule has 4 nitrogen and oxygen atoms in total. The SMILES string of the molecule is CCCNC(c1cncc(OC(C)C)c1)c1ccoc1Cl. The van der Waals surface area contributed by atoms with E-state index in [0.717, 1.165) is 29.8 Å². The lowest BCUT2D eigenvalue weighted by molar-refractivity contribution is 0.241. The van der Waals surface area contributed by atoms with Crippen LogP contribution in [0.4, 0.5) is 0 Å². The number of hydrogen-bond donors (Lipinski definition) is 1. The van der Waals surface area contributed by atoms with E-state index in [1.807, 2.05) is 32.2 Å². The lowest BCUT2D eigenvalue weighted by Gasteiger charge is -2.19. The van der Waals surface area contributed by atoms with Gasteiger partial charge in [-0.15, -0.1) is 0 Å². The molecule has 1 atom stereocenters. The maximum Gasteiger partial charge on any atom is 0.198 e. The monoisotopic (exact) mass is 308 g/mol. The smallest absolute Gasteiger partial charge is 0.198 e. The minimum atomic E-state index is -0.0561. The van der Waals surface area contributed by atoms with Crippen LogP contribution in [0.15, 0.2) is 35.2 Å². The van der Waals surface area contributed by atoms with Gasteiger partial charge in [0.2, 0.25) is 0 Å². The summed E-state index contributed by atoms with van der Waals surface area (Å²) in [6.45, 7) is 6.98. The molecule has 0 radical (unpaired) electrons. The van der Waals surface area contributed by atoms with Gasteiger partial charge in [0.1, 0.15) is 5.75 Å². The zero-order valence-electron chi connectivity index (χ0n) is 12.6. The minimum absolute atomic E-state index is 0.0561. The van der Waals surface area contributed by atoms with Gasteiger partial charge in [-0.1, -0.05) is 6.92 Å². The summed E-state index contributed by atoms with van der Waals surface area (Å²) in [6, 6.07) is 3.81. The molecule has 0 aliphatic rings. The molecule has 0 aliphatic heterocycles. The zero-order chi connectivity index (χ0) is 15.2. The third-order valence-electron chi connectivity index (χ3n) is 2.99. The summed E-state index contributed by atoms with van der Waals surface area (Å²) < 4.78 is 10.9. The molecule has 2 heterocycles. The molecule has 1 unspecified atom stereocenters. The maximum absolute atomic E-state index is 6.13. The summed E-state index contributed by atoms with van der Waals surface area (Å²) in [5, 5.41) is 3.87. The molecule has 5 heteroatoms. The van der Waals surface area contributed by atoms with E-state index in [0.29, 0.717) is 5.22 Å². The molecule has 21 heavy (non-hydrogen) atoms. The number of nitrogens with zero attached hydrogens (tertiary/aromatic N) is 1. The topological polar surface area (TPSA) is 47.3 Å². The predicted molar refractivity (Wildman–Crippen MR) is 83.9 cm³/mol. The Hall–Kier alpha value is -1.52. The van der Waals surface area contributed by atoms with Crippen LogP contribution in [0.2, 0.25) is 5.22 Å². The van der Waals surface area contributed by atoms with Gasteiger partial charge in [-0.05, 0) is 56.1 Å². The normalized spacial score (nSPS) is 12.6. The van der Waals surface area contributed by atoms with E-state index in [4.69, 9.17) is 20.8 Å². The number of ether oxygens (including phenoxy) is 1. The standard InChI is InChI=1S/C16H21ClN2O2/c1-4-6-19-15(14-5-7-20-16(14)17)12-8-13(10-18-9-12)21-11(2)3/h5,7-11,15,19H,4,6H2,1-3H3. The molecule has 1 N–H and O–H groups in total. The average molecular weight is 309 g/mol. The highest BCUT2D eigenvalue weighted by molar-refractivity contribution is 6.29. The summed E-state index contributed by atoms with van der Waals surface area (Å²) in [5.41, 5.74) is 1.92. The van der Waals surface area contributed by atoms with Gasteiger partial charge < -0.3 is 14.5 Å². The molecule has 2 aromatic rings. The number of hydrogen-bond acceptors (Lipinski definition) is 4. The average Bonchev–Trinajstić information content (AvgIpc) is 2.85. The Labute approximate surface area is 130 Å². The highest BCUT2D eigenvalue weighted by Crippen LogP contribution is 2.30. The summed E-state index contributed by atoms with van der Waals surface area (Å²) in [7, 11) is 0. The Morgan fingerprint density at radius 2 is 2.19 bits per heavy atom. The van der Waals surface area contributed by atoms with Crippen LogP contribution in [0.1, 0.15) is 44.4 Å². The van der Waals surface area contributed by atoms with Gasteiger partial charge in [0, 0.05) is 11.8 Å². The maximum atomic E-state index is 6.13. The van der Waals surface area contributed by atoms with Crippen molar-refractivity contribution in [1.82, 2.24) is 10.3 Å². The van der Waals surface area contributed by atoms with Gasteiger partial charge in [0.25, 0.3) is 0 Å². The van der Waals surface area contributed by atoms with E-state index in [2.05, 4.69) is 17.2 Å². The van der Waals surface area contributed by atoms with E-state index in [1.54, 1.807) is 12.5 Å². The Kier molecular flexibility index (Phi) is 5.65. The van der Waals surface area contributed by atoms with Crippen LogP contribution in [0, 0.1) is 0 Å². The molecule has 0 aliphatic carbocycles. The molecule has 0 bridgehead atoms. The number of furan rings is 1. The third kappa shape index (κ3) is 4.22. The second kappa shape index (κ2) is 7.48. The fourth-order valence-corrected chi connectivity index (χ4v) is 2.36. The van der Waals surface area contributed by atoms with Crippen LogP contribution in [0.3, 0.4) is 0 Å². The molecule has 0 spiro atoms. The van der Waals surface area contributed by atoms with E-state index >= 15 is 0 Å². The van der Waals surface area contributed by atoms with Crippen molar-refractivity contribution in [2.75, 3.05) is 6.54 Å². The molecule has 0 saturated carbocycles. The molecule has 114 valence electrons. The first-order valence-corrected chi connectivity index (χ1v) is 7.57. The van der Waals surface area contributed by atoms with Gasteiger partial charge in [-0.25, -0.2) is 0 Å². The summed E-state index contributed by atoms with van der Waals surface area (Å²) in [4.78, 5) is 4.27. The number of aromatic nitrogens is 1. The Morgan fingerprint density at radius 3 is 2.81 bits per heavy atom. The fourth-order valence-electron chi connectivity index (χ4n) is 2.14. The second-order valence-corrected chi connectivity index (χ2v) is 5.50. The molecule has 0 amide bonds. The van der Waals surface area contributed by atoms with Crippen molar-refractivity contribution < 1.29 is 9.15 Å². The van der Waals surface area contributed by atoms with E-state index in [1.165, 1.54) is 0 Å². The lowest BCUT2D eigenvalue weighted by Crippen LogP contribution is -2.23. The second-order valence-electron chi connectivity index (χ2n) is 5.16. The highest BCUT2D eigenvalue weighted by Gasteiger charge is 2.19. The van der Waals surface area contributed by atoms with Crippen LogP contribution >= 0.6 is 11.6 Å². The molecule has 2 rings (SSSR count). The molecular weight excluding hydrogens is 288 g/mol. The Morgan fingerprint density at radius 1 is 1.38 bits per heavy atom. The highest BCUT2D eigenvalue weighted by atomic mass is 35.5. The van der Waals surface area contributed by atoms with Crippen molar-refractivity contribution in [3.8, 4) is 5.75 Å². The Balaban J connectivity index is 2.30. The van der Waals surface area contributed by atoms with E-state index < -0.39 is 0 Å². The van der Waals surface area contributed by atoms with Crippen molar-refractivity contribution in [2.24, 2.45) is 0 Å². The van der Waals surface area contributed by atoms with E-state index in [-0.39, 0.29) is 12.1 Å². The van der Waals surface area contributed by atoms with Crippen molar-refractivity contribution in [2.45, 2.75) is 39.3 Å². The summed E-state index contributed by atoms with van der Waals surface area (Å²) >= 11 is 6.13. The van der Waals surface area contributed by atoms with Gasteiger partial charge in [0.15, 0.2) is 5.22 Å². The third-order valence-corrected chi connectivity index (χ3v) is 3.30. The first-order valence-electron chi connectivity index (χ1n) is 7.19. The van der Waals surface area contributed by atoms with Gasteiger partial charge in [0.05, 0.1) is 24.6 Å². The van der Waals surface area contributed by atoms with Gasteiger partial charge in [-0.2, -0.15) is 0 Å². The summed E-state index contributed by atoms with van der Waals surface area (Å²) in [5.74, 6) is 0.755. The zero-order valence-corrected chi connectivity index (χ0v) is 13.4. The summed E-state index contributed by atoms with van der Waals surface area (Å²) in [6.07, 6.45) is 6.28. The minimum Gasteiger partial charge on any atom is -0.489 e. The van der Waals surface area contributed by atoms with Crippen LogP contribution in [0.5, 0.6) is 5.75 Å². The molecule has 0 fully saturated rings.